The van der Waals surface area contributed by atoms with Gasteiger partial charge in [-0.15, -0.1) is 0 Å². The number of hydrogen-bond donors (Lipinski definition) is 0. The van der Waals surface area contributed by atoms with Crippen LogP contribution in [0.3, 0.4) is 0 Å². The van der Waals surface area contributed by atoms with E-state index in [1.54, 1.807) is 7.11 Å². The topological polar surface area (TPSA) is 9.23 Å². The highest BCUT2D eigenvalue weighted by Crippen LogP contribution is 1.94. The van der Waals surface area contributed by atoms with Gasteiger partial charge in [0, 0.05) is 13.3 Å². The Morgan fingerprint density at radius 3 is 2.42 bits per heavy atom. The first-order valence-electron chi connectivity index (χ1n) is 4.42. The maximum Gasteiger partial charge on any atom is 0.0998 e. The Balaban J connectivity index is 2.66. The first-order chi connectivity index (χ1) is 5.88. The average Bonchev–Trinajstić information content (AvgIpc) is 2.15. The zero-order chi connectivity index (χ0) is 8.81. The Morgan fingerprint density at radius 2 is 1.92 bits per heavy atom. The van der Waals surface area contributed by atoms with Gasteiger partial charge in [-0.1, -0.05) is 48.5 Å². The summed E-state index contributed by atoms with van der Waals surface area (Å²) in [6, 6.07) is 12.0. The summed E-state index contributed by atoms with van der Waals surface area (Å²) in [4.78, 5) is 0. The highest BCUT2D eigenvalue weighted by Gasteiger charge is 2.09. The molecule has 0 aliphatic heterocycles. The number of benzene rings is 1. The van der Waals surface area contributed by atoms with Gasteiger partial charge >= 0.3 is 0 Å². The molecule has 0 heterocycles. The van der Waals surface area contributed by atoms with Crippen LogP contribution in [0.5, 0.6) is 0 Å². The van der Waals surface area contributed by atoms with E-state index < -0.39 is 8.80 Å². The predicted molar refractivity (Wildman–Crippen MR) is 55.6 cm³/mol. The van der Waals surface area contributed by atoms with Gasteiger partial charge in [0.25, 0.3) is 0 Å². The van der Waals surface area contributed by atoms with Crippen molar-refractivity contribution in [2.24, 2.45) is 0 Å². The summed E-state index contributed by atoms with van der Waals surface area (Å²) >= 11 is 0. The first-order valence-corrected chi connectivity index (χ1v) is 6.63. The van der Waals surface area contributed by atoms with Crippen molar-refractivity contribution in [1.82, 2.24) is 0 Å². The van der Waals surface area contributed by atoms with Crippen LogP contribution in [0.2, 0.25) is 6.04 Å². The molecule has 1 atom stereocenters. The Bertz CT molecular complexity index is 210. The number of ether oxygens (including phenoxy) is 1. The molecule has 0 radical (unpaired) electrons. The summed E-state index contributed by atoms with van der Waals surface area (Å²) in [5, 5.41) is 1.52. The van der Waals surface area contributed by atoms with Crippen LogP contribution in [0.25, 0.3) is 0 Å². The largest absolute Gasteiger partial charge is 0.388 e. The van der Waals surface area contributed by atoms with E-state index in [-0.39, 0.29) is 0 Å². The van der Waals surface area contributed by atoms with Crippen LogP contribution in [0.4, 0.5) is 0 Å². The minimum Gasteiger partial charge on any atom is -0.388 e. The van der Waals surface area contributed by atoms with Crippen molar-refractivity contribution in [3.8, 4) is 0 Å². The lowest BCUT2D eigenvalue weighted by atomic mass is 10.4. The molecule has 0 spiro atoms. The minimum absolute atomic E-state index is 0.793. The minimum atomic E-state index is -0.793. The Labute approximate surface area is 76.0 Å². The fraction of sp³-hybridized carbons (Fsp3) is 0.400. The SMILES string of the molecule is CC[SiH](COC)c1ccccc1. The molecule has 1 unspecified atom stereocenters. The molecule has 1 rings (SSSR count). The van der Waals surface area contributed by atoms with Crippen LogP contribution >= 0.6 is 0 Å². The average molecular weight is 180 g/mol. The van der Waals surface area contributed by atoms with Gasteiger partial charge in [0.15, 0.2) is 0 Å². The molecular formula is C10H16OSi. The van der Waals surface area contributed by atoms with Crippen LogP contribution < -0.4 is 5.19 Å². The molecule has 1 nitrogen and oxygen atoms in total. The van der Waals surface area contributed by atoms with Crippen molar-refractivity contribution in [3.63, 3.8) is 0 Å². The third kappa shape index (κ3) is 2.46. The second kappa shape index (κ2) is 5.12. The molecule has 0 aliphatic carbocycles. The van der Waals surface area contributed by atoms with Gasteiger partial charge in [0.1, 0.15) is 0 Å². The van der Waals surface area contributed by atoms with Crippen molar-refractivity contribution in [1.29, 1.82) is 0 Å². The van der Waals surface area contributed by atoms with Gasteiger partial charge in [-0.25, -0.2) is 0 Å². The van der Waals surface area contributed by atoms with Gasteiger partial charge in [-0.3, -0.25) is 0 Å². The van der Waals surface area contributed by atoms with Crippen molar-refractivity contribution < 1.29 is 4.74 Å². The molecule has 0 fully saturated rings. The smallest absolute Gasteiger partial charge is 0.0998 e. The maximum absolute atomic E-state index is 5.21. The summed E-state index contributed by atoms with van der Waals surface area (Å²) in [5.74, 6) is 0. The lowest BCUT2D eigenvalue weighted by molar-refractivity contribution is 0.250. The molecule has 0 aromatic heterocycles. The van der Waals surface area contributed by atoms with E-state index in [0.717, 1.165) is 6.23 Å². The van der Waals surface area contributed by atoms with Gasteiger partial charge in [0.2, 0.25) is 0 Å². The third-order valence-corrected chi connectivity index (χ3v) is 5.18. The molecule has 12 heavy (non-hydrogen) atoms. The van der Waals surface area contributed by atoms with Crippen LogP contribution in [-0.2, 0) is 4.74 Å². The zero-order valence-electron chi connectivity index (χ0n) is 7.79. The van der Waals surface area contributed by atoms with Crippen molar-refractivity contribution in [2.75, 3.05) is 13.3 Å². The summed E-state index contributed by atoms with van der Waals surface area (Å²) in [6.45, 7) is 2.25. The molecule has 1 aromatic rings. The summed E-state index contributed by atoms with van der Waals surface area (Å²) < 4.78 is 5.21. The molecular weight excluding hydrogens is 164 g/mol. The Hall–Kier alpha value is -0.603. The fourth-order valence-corrected chi connectivity index (χ4v) is 3.44. The molecule has 66 valence electrons. The highest BCUT2D eigenvalue weighted by molar-refractivity contribution is 6.73. The first kappa shape index (κ1) is 9.48. The summed E-state index contributed by atoms with van der Waals surface area (Å²) in [6.07, 6.45) is 0.959. The van der Waals surface area contributed by atoms with Crippen LogP contribution in [-0.4, -0.2) is 22.1 Å². The van der Waals surface area contributed by atoms with E-state index in [0.29, 0.717) is 0 Å². The Morgan fingerprint density at radius 1 is 1.25 bits per heavy atom. The van der Waals surface area contributed by atoms with Crippen LogP contribution in [0, 0.1) is 0 Å². The van der Waals surface area contributed by atoms with Crippen molar-refractivity contribution in [3.05, 3.63) is 30.3 Å². The standard InChI is InChI=1S/C10H16OSi/c1-3-12(9-11-2)10-7-5-4-6-8-10/h4-8,12H,3,9H2,1-2H3. The van der Waals surface area contributed by atoms with Crippen molar-refractivity contribution in [2.45, 2.75) is 13.0 Å². The zero-order valence-corrected chi connectivity index (χ0v) is 8.94. The fourth-order valence-electron chi connectivity index (χ4n) is 1.38. The van der Waals surface area contributed by atoms with E-state index in [1.165, 1.54) is 11.2 Å². The molecule has 2 heteroatoms. The molecule has 0 saturated heterocycles. The van der Waals surface area contributed by atoms with Crippen molar-refractivity contribution >= 4 is 14.0 Å². The van der Waals surface area contributed by atoms with E-state index in [1.807, 2.05) is 0 Å². The maximum atomic E-state index is 5.21. The molecule has 0 saturated carbocycles. The highest BCUT2D eigenvalue weighted by atomic mass is 28.3. The predicted octanol–water partition coefficient (Wildman–Crippen LogP) is 1.33. The monoisotopic (exact) mass is 180 g/mol. The van der Waals surface area contributed by atoms with Gasteiger partial charge < -0.3 is 4.74 Å². The second-order valence-electron chi connectivity index (χ2n) is 2.97. The molecule has 0 N–H and O–H groups in total. The van der Waals surface area contributed by atoms with Gasteiger partial charge in [-0.05, 0) is 0 Å². The lowest BCUT2D eigenvalue weighted by Crippen LogP contribution is -2.33. The Kier molecular flexibility index (Phi) is 4.04. The van der Waals surface area contributed by atoms with Gasteiger partial charge in [-0.2, -0.15) is 0 Å². The normalized spacial score (nSPS) is 12.8. The van der Waals surface area contributed by atoms with E-state index in [2.05, 4.69) is 37.3 Å². The summed E-state index contributed by atoms with van der Waals surface area (Å²) in [5.41, 5.74) is 0. The molecule has 0 amide bonds. The molecule has 0 bridgehead atoms. The van der Waals surface area contributed by atoms with E-state index >= 15 is 0 Å². The second-order valence-corrected chi connectivity index (χ2v) is 6.18. The molecule has 1 aromatic carbocycles. The van der Waals surface area contributed by atoms with E-state index in [9.17, 15) is 0 Å². The number of rotatable bonds is 4. The number of hydrogen-bond acceptors (Lipinski definition) is 1. The van der Waals surface area contributed by atoms with Crippen LogP contribution in [0.1, 0.15) is 6.92 Å². The third-order valence-electron chi connectivity index (χ3n) is 2.13. The lowest BCUT2D eigenvalue weighted by Gasteiger charge is -2.11. The van der Waals surface area contributed by atoms with Crippen LogP contribution in [0.15, 0.2) is 30.3 Å². The quantitative estimate of drug-likeness (QED) is 0.635. The van der Waals surface area contributed by atoms with E-state index in [4.69, 9.17) is 4.74 Å². The van der Waals surface area contributed by atoms with Gasteiger partial charge in [0.05, 0.1) is 8.80 Å². The molecule has 0 aliphatic rings. The number of methoxy groups -OCH3 is 1. The summed E-state index contributed by atoms with van der Waals surface area (Å²) in [7, 11) is 0.997.